The molecule has 0 bridgehead atoms. The Labute approximate surface area is 63.3 Å². The normalized spacial score (nSPS) is 12.7. The van der Waals surface area contributed by atoms with Crippen molar-refractivity contribution in [2.75, 3.05) is 0 Å². The molecule has 3 nitrogen and oxygen atoms in total. The van der Waals surface area contributed by atoms with Crippen LogP contribution in [-0.2, 0) is 9.53 Å². The zero-order valence-electron chi connectivity index (χ0n) is 6.26. The summed E-state index contributed by atoms with van der Waals surface area (Å²) >= 11 is 0. The Morgan fingerprint density at radius 3 is 2.70 bits per heavy atom. The lowest BCUT2D eigenvalue weighted by Crippen LogP contribution is -2.16. The molecular weight excluding hydrogens is 148 g/mol. The summed E-state index contributed by atoms with van der Waals surface area (Å²) in [7, 11) is -0.133. The Bertz CT molecular complexity index is 105. The predicted molar refractivity (Wildman–Crippen MR) is 38.6 cm³/mol. The minimum Gasteiger partial charge on any atom is -0.463 e. The summed E-state index contributed by atoms with van der Waals surface area (Å²) in [6, 6.07) is 0.566. The van der Waals surface area contributed by atoms with Gasteiger partial charge in [-0.1, -0.05) is 6.92 Å². The second-order valence-corrected chi connectivity index (χ2v) is 2.73. The first-order chi connectivity index (χ1) is 4.70. The summed E-state index contributed by atoms with van der Waals surface area (Å²) in [6.07, 6.45) is 0.675. The molecule has 1 atom stereocenters. The summed E-state index contributed by atoms with van der Waals surface area (Å²) in [5.74, 6) is -0.273. The van der Waals surface area contributed by atoms with Crippen LogP contribution in [0.1, 0.15) is 20.3 Å². The summed E-state index contributed by atoms with van der Waals surface area (Å²) in [6.45, 7) is 3.30. The number of ether oxygens (including phenoxy) is 1. The fraction of sp³-hybridized carbons (Fsp3) is 0.833. The van der Waals surface area contributed by atoms with Crippen LogP contribution >= 0.6 is 0 Å². The van der Waals surface area contributed by atoms with Gasteiger partial charge in [0.2, 0.25) is 9.76 Å². The van der Waals surface area contributed by atoms with Crippen molar-refractivity contribution >= 4 is 15.7 Å². The number of carbonyl (C=O) groups excluding carboxylic acids is 1. The van der Waals surface area contributed by atoms with Gasteiger partial charge in [0, 0.05) is 13.0 Å². The number of carbonyl (C=O) groups is 1. The van der Waals surface area contributed by atoms with Crippen LogP contribution in [0.4, 0.5) is 0 Å². The topological polar surface area (TPSA) is 46.5 Å². The van der Waals surface area contributed by atoms with Crippen molar-refractivity contribution in [2.45, 2.75) is 32.4 Å². The zero-order chi connectivity index (χ0) is 7.98. The lowest BCUT2D eigenvalue weighted by Gasteiger charge is -2.11. The first kappa shape index (κ1) is 9.65. The Kier molecular flexibility index (Phi) is 5.24. The molecule has 0 aromatic heterocycles. The molecule has 0 aliphatic rings. The van der Waals surface area contributed by atoms with Crippen molar-refractivity contribution in [3.63, 3.8) is 0 Å². The molecular formula is C6H12O3Si. The van der Waals surface area contributed by atoms with E-state index in [9.17, 15) is 4.79 Å². The maximum absolute atomic E-state index is 10.4. The van der Waals surface area contributed by atoms with Gasteiger partial charge in [0.05, 0.1) is 0 Å². The third-order valence-electron chi connectivity index (χ3n) is 1.11. The highest BCUT2D eigenvalue weighted by atomic mass is 28.2. The molecule has 0 saturated carbocycles. The fourth-order valence-corrected chi connectivity index (χ4v) is 1.18. The quantitative estimate of drug-likeness (QED) is 0.477. The first-order valence-electron chi connectivity index (χ1n) is 3.24. The van der Waals surface area contributed by atoms with Crippen molar-refractivity contribution in [3.05, 3.63) is 0 Å². The van der Waals surface area contributed by atoms with Crippen LogP contribution in [-0.4, -0.2) is 26.6 Å². The highest BCUT2D eigenvalue weighted by Gasteiger charge is 2.08. The van der Waals surface area contributed by atoms with Gasteiger partial charge < -0.3 is 9.53 Å². The number of hydrogen-bond acceptors (Lipinski definition) is 3. The zero-order valence-corrected chi connectivity index (χ0v) is 7.26. The molecule has 0 saturated heterocycles. The van der Waals surface area contributed by atoms with E-state index in [0.29, 0.717) is 6.04 Å². The average Bonchev–Trinajstić information content (AvgIpc) is 1.86. The predicted octanol–water partition coefficient (Wildman–Crippen LogP) is 0.358. The fourth-order valence-electron chi connectivity index (χ4n) is 0.606. The maximum atomic E-state index is 10.4. The molecule has 1 N–H and O–H groups in total. The van der Waals surface area contributed by atoms with E-state index in [1.165, 1.54) is 6.92 Å². The molecule has 0 fully saturated rings. The Balaban J connectivity index is 3.49. The van der Waals surface area contributed by atoms with Crippen molar-refractivity contribution < 1.29 is 14.3 Å². The highest BCUT2D eigenvalue weighted by Crippen LogP contribution is 2.02. The molecule has 0 aliphatic heterocycles. The van der Waals surface area contributed by atoms with E-state index < -0.39 is 0 Å². The van der Waals surface area contributed by atoms with Crippen LogP contribution in [0.3, 0.4) is 0 Å². The Morgan fingerprint density at radius 1 is 1.80 bits per heavy atom. The SMILES string of the molecule is CCC(C[Si]O)OC(C)=O. The lowest BCUT2D eigenvalue weighted by atomic mass is 10.3. The monoisotopic (exact) mass is 160 g/mol. The molecule has 0 amide bonds. The van der Waals surface area contributed by atoms with Crippen LogP contribution in [0, 0.1) is 0 Å². The molecule has 2 radical (unpaired) electrons. The van der Waals surface area contributed by atoms with Crippen LogP contribution in [0.25, 0.3) is 0 Å². The molecule has 0 heterocycles. The van der Waals surface area contributed by atoms with Crippen LogP contribution in [0.5, 0.6) is 0 Å². The minimum atomic E-state index is -0.273. The van der Waals surface area contributed by atoms with E-state index in [-0.39, 0.29) is 21.8 Å². The molecule has 10 heavy (non-hydrogen) atoms. The third-order valence-corrected chi connectivity index (χ3v) is 1.74. The van der Waals surface area contributed by atoms with Crippen molar-refractivity contribution in [3.8, 4) is 0 Å². The van der Waals surface area contributed by atoms with Gasteiger partial charge in [0.1, 0.15) is 6.10 Å². The molecule has 0 spiro atoms. The van der Waals surface area contributed by atoms with Gasteiger partial charge in [-0.15, -0.1) is 0 Å². The third kappa shape index (κ3) is 4.52. The Morgan fingerprint density at radius 2 is 2.40 bits per heavy atom. The van der Waals surface area contributed by atoms with E-state index in [1.807, 2.05) is 6.92 Å². The number of esters is 1. The largest absolute Gasteiger partial charge is 0.463 e. The van der Waals surface area contributed by atoms with E-state index in [2.05, 4.69) is 0 Å². The van der Waals surface area contributed by atoms with Crippen LogP contribution in [0.2, 0.25) is 6.04 Å². The molecule has 58 valence electrons. The molecule has 0 aromatic rings. The van der Waals surface area contributed by atoms with E-state index in [1.54, 1.807) is 0 Å². The van der Waals surface area contributed by atoms with Crippen molar-refractivity contribution in [2.24, 2.45) is 0 Å². The standard InChI is InChI=1S/C6H12O3Si/c1-3-6(4-10-8)9-5(2)7/h6,8H,3-4H2,1-2H3. The molecule has 0 aliphatic carbocycles. The lowest BCUT2D eigenvalue weighted by molar-refractivity contribution is -0.145. The second-order valence-electron chi connectivity index (χ2n) is 2.00. The van der Waals surface area contributed by atoms with Gasteiger partial charge >= 0.3 is 5.97 Å². The van der Waals surface area contributed by atoms with Gasteiger partial charge in [-0.2, -0.15) is 0 Å². The van der Waals surface area contributed by atoms with Crippen molar-refractivity contribution in [1.82, 2.24) is 0 Å². The molecule has 4 heteroatoms. The summed E-state index contributed by atoms with van der Waals surface area (Å²) in [4.78, 5) is 18.9. The van der Waals surface area contributed by atoms with Crippen molar-refractivity contribution in [1.29, 1.82) is 0 Å². The summed E-state index contributed by atoms with van der Waals surface area (Å²) in [5.41, 5.74) is 0. The van der Waals surface area contributed by atoms with E-state index in [0.717, 1.165) is 6.42 Å². The Hall–Kier alpha value is -0.353. The smallest absolute Gasteiger partial charge is 0.302 e. The summed E-state index contributed by atoms with van der Waals surface area (Å²) < 4.78 is 4.85. The number of rotatable bonds is 4. The molecule has 1 unspecified atom stereocenters. The van der Waals surface area contributed by atoms with Crippen LogP contribution < -0.4 is 0 Å². The van der Waals surface area contributed by atoms with Gasteiger partial charge in [0.25, 0.3) is 0 Å². The van der Waals surface area contributed by atoms with Gasteiger partial charge in [-0.05, 0) is 6.42 Å². The van der Waals surface area contributed by atoms with E-state index >= 15 is 0 Å². The second kappa shape index (κ2) is 5.43. The van der Waals surface area contributed by atoms with Gasteiger partial charge in [-0.25, -0.2) is 0 Å². The first-order valence-corrected chi connectivity index (χ1v) is 4.40. The highest BCUT2D eigenvalue weighted by molar-refractivity contribution is 6.25. The van der Waals surface area contributed by atoms with Gasteiger partial charge in [-0.3, -0.25) is 4.79 Å². The maximum Gasteiger partial charge on any atom is 0.302 e. The van der Waals surface area contributed by atoms with Crippen LogP contribution in [0.15, 0.2) is 0 Å². The summed E-state index contributed by atoms with van der Waals surface area (Å²) in [5, 5.41) is 0. The average molecular weight is 160 g/mol. The van der Waals surface area contributed by atoms with Gasteiger partial charge in [0.15, 0.2) is 0 Å². The minimum absolute atomic E-state index is 0.0965. The molecule has 0 aromatic carbocycles. The number of hydrogen-bond donors (Lipinski definition) is 1. The van der Waals surface area contributed by atoms with E-state index in [4.69, 9.17) is 9.53 Å². The molecule has 0 rings (SSSR count).